The van der Waals surface area contributed by atoms with Crippen LogP contribution in [0.5, 0.6) is 5.75 Å². The van der Waals surface area contributed by atoms with Crippen LogP contribution in [0.1, 0.15) is 0 Å². The average Bonchev–Trinajstić information content (AvgIpc) is 2.70. The van der Waals surface area contributed by atoms with E-state index < -0.39 is 37.2 Å². The Morgan fingerprint density at radius 2 is 1.97 bits per heavy atom. The lowest BCUT2D eigenvalue weighted by molar-refractivity contribution is -0.147. The lowest BCUT2D eigenvalue weighted by Gasteiger charge is -2.10. The highest BCUT2D eigenvalue weighted by Crippen LogP contribution is 2.28. The molecule has 0 atom stereocenters. The summed E-state index contributed by atoms with van der Waals surface area (Å²) in [6, 6.07) is 10.3. The second-order valence-corrected chi connectivity index (χ2v) is 6.33. The maximum atomic E-state index is 12.3. The second kappa shape index (κ2) is 9.31. The normalized spacial score (nSPS) is 10.8. The average molecular weight is 438 g/mol. The van der Waals surface area contributed by atoms with Gasteiger partial charge >= 0.3 is 12.6 Å². The van der Waals surface area contributed by atoms with Crippen LogP contribution in [0.3, 0.4) is 0 Å². The molecule has 8 nitrogen and oxygen atoms in total. The molecule has 1 aromatic heterocycles. The Morgan fingerprint density at radius 1 is 1.20 bits per heavy atom. The smallest absolute Gasteiger partial charge is 0.387 e. The SMILES string of the molecule is O=C(COC(=O)Cn1cnc2ccccc2c1=O)Nc1ccc(OC(F)F)c(Cl)c1. The Kier molecular flexibility index (Phi) is 6.58. The van der Waals surface area contributed by atoms with E-state index in [1.54, 1.807) is 24.3 Å². The summed E-state index contributed by atoms with van der Waals surface area (Å²) in [5.41, 5.74) is 0.274. The van der Waals surface area contributed by atoms with Crippen molar-refractivity contribution in [2.75, 3.05) is 11.9 Å². The van der Waals surface area contributed by atoms with Crippen LogP contribution in [0.4, 0.5) is 14.5 Å². The van der Waals surface area contributed by atoms with E-state index in [1.807, 2.05) is 0 Å². The number of alkyl halides is 2. The summed E-state index contributed by atoms with van der Waals surface area (Å²) in [6.45, 7) is -4.08. The number of hydrogen-bond donors (Lipinski definition) is 1. The van der Waals surface area contributed by atoms with Crippen LogP contribution >= 0.6 is 11.6 Å². The molecule has 1 amide bonds. The van der Waals surface area contributed by atoms with Crippen molar-refractivity contribution in [1.82, 2.24) is 9.55 Å². The third-order valence-corrected chi connectivity index (χ3v) is 4.12. The van der Waals surface area contributed by atoms with Gasteiger partial charge in [0, 0.05) is 5.69 Å². The molecule has 0 saturated carbocycles. The summed E-state index contributed by atoms with van der Waals surface area (Å²) in [5, 5.41) is 2.61. The molecule has 0 spiro atoms. The van der Waals surface area contributed by atoms with Gasteiger partial charge < -0.3 is 14.8 Å². The lowest BCUT2D eigenvalue weighted by atomic mass is 10.2. The molecule has 0 bridgehead atoms. The van der Waals surface area contributed by atoms with Gasteiger partial charge in [0.1, 0.15) is 12.3 Å². The molecule has 0 aliphatic rings. The summed E-state index contributed by atoms with van der Waals surface area (Å²) < 4.78 is 34.6. The van der Waals surface area contributed by atoms with Crippen molar-refractivity contribution in [3.8, 4) is 5.75 Å². The minimum absolute atomic E-state index is 0.131. The number of amides is 1. The van der Waals surface area contributed by atoms with Gasteiger partial charge in [-0.25, -0.2) is 4.98 Å². The molecule has 3 rings (SSSR count). The Hall–Kier alpha value is -3.53. The van der Waals surface area contributed by atoms with E-state index >= 15 is 0 Å². The molecule has 2 aromatic carbocycles. The number of benzene rings is 2. The van der Waals surface area contributed by atoms with E-state index in [0.717, 1.165) is 10.6 Å². The number of carbonyl (C=O) groups is 2. The van der Waals surface area contributed by atoms with Gasteiger partial charge in [-0.15, -0.1) is 0 Å². The van der Waals surface area contributed by atoms with Gasteiger partial charge in [0.2, 0.25) is 0 Å². The number of ether oxygens (including phenoxy) is 2. The van der Waals surface area contributed by atoms with Gasteiger partial charge in [0.05, 0.1) is 22.3 Å². The molecule has 3 aromatic rings. The summed E-state index contributed by atoms with van der Waals surface area (Å²) in [7, 11) is 0. The van der Waals surface area contributed by atoms with Crippen molar-refractivity contribution >= 4 is 40.1 Å². The van der Waals surface area contributed by atoms with Crippen LogP contribution in [-0.4, -0.2) is 34.6 Å². The molecule has 0 radical (unpaired) electrons. The minimum Gasteiger partial charge on any atom is -0.454 e. The minimum atomic E-state index is -3.03. The zero-order chi connectivity index (χ0) is 21.7. The zero-order valence-corrected chi connectivity index (χ0v) is 15.9. The van der Waals surface area contributed by atoms with Crippen LogP contribution in [0.25, 0.3) is 10.9 Å². The van der Waals surface area contributed by atoms with E-state index in [2.05, 4.69) is 15.0 Å². The highest BCUT2D eigenvalue weighted by molar-refractivity contribution is 6.32. The molecule has 0 aliphatic heterocycles. The zero-order valence-electron chi connectivity index (χ0n) is 15.2. The van der Waals surface area contributed by atoms with Crippen molar-refractivity contribution in [3.63, 3.8) is 0 Å². The standard InChI is InChI=1S/C19H14ClF2N3O5/c20-13-7-11(5-6-15(13)30-19(21)22)24-16(26)9-29-17(27)8-25-10-23-14-4-2-1-3-12(14)18(25)28/h1-7,10,19H,8-9H2,(H,24,26). The highest BCUT2D eigenvalue weighted by atomic mass is 35.5. The maximum Gasteiger partial charge on any atom is 0.387 e. The molecule has 0 fully saturated rings. The number of aromatic nitrogens is 2. The fourth-order valence-corrected chi connectivity index (χ4v) is 2.74. The van der Waals surface area contributed by atoms with Crippen molar-refractivity contribution in [2.24, 2.45) is 0 Å². The van der Waals surface area contributed by atoms with Gasteiger partial charge in [-0.2, -0.15) is 8.78 Å². The number of hydrogen-bond acceptors (Lipinski definition) is 6. The summed E-state index contributed by atoms with van der Waals surface area (Å²) in [6.07, 6.45) is 1.22. The van der Waals surface area contributed by atoms with Crippen LogP contribution in [0.2, 0.25) is 5.02 Å². The van der Waals surface area contributed by atoms with Crippen LogP contribution in [0, 0.1) is 0 Å². The third-order valence-electron chi connectivity index (χ3n) is 3.83. The van der Waals surface area contributed by atoms with Crippen LogP contribution < -0.4 is 15.6 Å². The second-order valence-electron chi connectivity index (χ2n) is 5.93. The number of nitrogens with zero attached hydrogens (tertiary/aromatic N) is 2. The maximum absolute atomic E-state index is 12.3. The van der Waals surface area contributed by atoms with E-state index in [-0.39, 0.29) is 16.5 Å². The first-order chi connectivity index (χ1) is 14.3. The van der Waals surface area contributed by atoms with E-state index in [0.29, 0.717) is 10.9 Å². The first-order valence-corrected chi connectivity index (χ1v) is 8.85. The van der Waals surface area contributed by atoms with Crippen molar-refractivity contribution in [2.45, 2.75) is 13.2 Å². The lowest BCUT2D eigenvalue weighted by Crippen LogP contribution is -2.28. The first-order valence-electron chi connectivity index (χ1n) is 8.47. The van der Waals surface area contributed by atoms with Gasteiger partial charge in [0.25, 0.3) is 11.5 Å². The molecule has 156 valence electrons. The molecule has 0 unspecified atom stereocenters. The molecule has 11 heteroatoms. The monoisotopic (exact) mass is 437 g/mol. The molecule has 0 saturated heterocycles. The van der Waals surface area contributed by atoms with E-state index in [9.17, 15) is 23.2 Å². The number of esters is 1. The quantitative estimate of drug-likeness (QED) is 0.571. The predicted octanol–water partition coefficient (Wildman–Crippen LogP) is 2.83. The Morgan fingerprint density at radius 3 is 2.70 bits per heavy atom. The number of anilines is 1. The van der Waals surface area contributed by atoms with Crippen molar-refractivity contribution in [1.29, 1.82) is 0 Å². The van der Waals surface area contributed by atoms with Crippen molar-refractivity contribution in [3.05, 3.63) is 64.2 Å². The largest absolute Gasteiger partial charge is 0.454 e. The third kappa shape index (κ3) is 5.29. The molecular formula is C19H14ClF2N3O5. The molecular weight excluding hydrogens is 424 g/mol. The van der Waals surface area contributed by atoms with Gasteiger partial charge in [-0.3, -0.25) is 19.0 Å². The van der Waals surface area contributed by atoms with Gasteiger partial charge in [-0.05, 0) is 30.3 Å². The summed E-state index contributed by atoms with van der Waals surface area (Å²) in [4.78, 5) is 40.3. The van der Waals surface area contributed by atoms with Crippen molar-refractivity contribution < 1.29 is 27.8 Å². The highest BCUT2D eigenvalue weighted by Gasteiger charge is 2.13. The predicted molar refractivity (Wildman–Crippen MR) is 104 cm³/mol. The summed E-state index contributed by atoms with van der Waals surface area (Å²) in [5.74, 6) is -1.75. The van der Waals surface area contributed by atoms with E-state index in [1.165, 1.54) is 18.5 Å². The number of carbonyl (C=O) groups excluding carboxylic acids is 2. The molecule has 30 heavy (non-hydrogen) atoms. The van der Waals surface area contributed by atoms with Crippen LogP contribution in [0.15, 0.2) is 53.6 Å². The number of para-hydroxylation sites is 1. The van der Waals surface area contributed by atoms with E-state index in [4.69, 9.17) is 16.3 Å². The number of halogens is 3. The summed E-state index contributed by atoms with van der Waals surface area (Å²) >= 11 is 5.80. The Bertz CT molecular complexity index is 1150. The van der Waals surface area contributed by atoms with Gasteiger partial charge in [0.15, 0.2) is 6.61 Å². The Labute approximate surface area is 173 Å². The fraction of sp³-hybridized carbons (Fsp3) is 0.158. The Balaban J connectivity index is 1.55. The molecule has 1 N–H and O–H groups in total. The van der Waals surface area contributed by atoms with Crippen LogP contribution in [-0.2, 0) is 20.9 Å². The number of fused-ring (bicyclic) bond motifs is 1. The fourth-order valence-electron chi connectivity index (χ4n) is 2.52. The number of nitrogens with one attached hydrogen (secondary N) is 1. The molecule has 0 aliphatic carbocycles. The van der Waals surface area contributed by atoms with Gasteiger partial charge in [-0.1, -0.05) is 23.7 Å². The first kappa shape index (κ1) is 21.2. The molecule has 1 heterocycles. The topological polar surface area (TPSA) is 99.5 Å². The number of rotatable bonds is 7.